The molecule has 5 nitrogen and oxygen atoms in total. The lowest BCUT2D eigenvalue weighted by molar-refractivity contribution is 0.463. The summed E-state index contributed by atoms with van der Waals surface area (Å²) in [4.78, 5) is 15.5. The van der Waals surface area contributed by atoms with Crippen LogP contribution >= 0.6 is 0 Å². The summed E-state index contributed by atoms with van der Waals surface area (Å²) < 4.78 is 10.6. The second kappa shape index (κ2) is 2.57. The molecule has 4 rings (SSSR count). The van der Waals surface area contributed by atoms with Crippen molar-refractivity contribution in [3.05, 3.63) is 34.5 Å². The van der Waals surface area contributed by atoms with Gasteiger partial charge < -0.3 is 14.3 Å². The number of nitrogens with zero attached hydrogens (tertiary/aromatic N) is 1. The molecule has 0 aromatic heterocycles. The van der Waals surface area contributed by atoms with Crippen LogP contribution in [0.5, 0.6) is 17.2 Å². The molecule has 2 aliphatic heterocycles. The minimum atomic E-state index is -0.144. The van der Waals surface area contributed by atoms with Gasteiger partial charge in [-0.05, 0) is 12.1 Å². The molecular weight excluding hydrogens is 222 g/mol. The van der Waals surface area contributed by atoms with E-state index in [1.807, 2.05) is 0 Å². The molecule has 0 radical (unpaired) electrons. The van der Waals surface area contributed by atoms with Gasteiger partial charge in [0.2, 0.25) is 11.5 Å². The summed E-state index contributed by atoms with van der Waals surface area (Å²) in [5.74, 6) is 1.40. The monoisotopic (exact) mass is 227 g/mol. The Labute approximate surface area is 94.2 Å². The lowest BCUT2D eigenvalue weighted by Gasteiger charge is -2.03. The maximum atomic E-state index is 11.2. The van der Waals surface area contributed by atoms with Crippen LogP contribution in [0.4, 0.5) is 0 Å². The number of aromatic nitrogens is 1. The van der Waals surface area contributed by atoms with E-state index < -0.39 is 0 Å². The van der Waals surface area contributed by atoms with Gasteiger partial charge in [0.1, 0.15) is 5.69 Å². The highest BCUT2D eigenvalue weighted by Gasteiger charge is 2.31. The summed E-state index contributed by atoms with van der Waals surface area (Å²) in [5.41, 5.74) is 1.40. The van der Waals surface area contributed by atoms with Crippen molar-refractivity contribution in [2.45, 2.75) is 0 Å². The lowest BCUT2D eigenvalue weighted by Crippen LogP contribution is -1.98. The van der Waals surface area contributed by atoms with E-state index in [1.54, 1.807) is 6.07 Å². The molecule has 0 amide bonds. The molecule has 0 unspecified atom stereocenters. The second-order valence-corrected chi connectivity index (χ2v) is 3.85. The number of phenolic OH excluding ortho intramolecular Hbond substituents is 1. The van der Waals surface area contributed by atoms with E-state index in [2.05, 4.69) is 4.98 Å². The topological polar surface area (TPSA) is 75.9 Å². The van der Waals surface area contributed by atoms with Crippen molar-refractivity contribution in [2.24, 2.45) is 0 Å². The maximum absolute atomic E-state index is 11.2. The van der Waals surface area contributed by atoms with Crippen LogP contribution in [-0.4, -0.2) is 10.1 Å². The van der Waals surface area contributed by atoms with Crippen LogP contribution in [0.1, 0.15) is 0 Å². The first-order valence-electron chi connectivity index (χ1n) is 5.01. The van der Waals surface area contributed by atoms with Crippen LogP contribution in [0.2, 0.25) is 0 Å². The molecule has 82 valence electrons. The quantitative estimate of drug-likeness (QED) is 0.367. The Morgan fingerprint density at radius 3 is 2.94 bits per heavy atom. The third-order valence-corrected chi connectivity index (χ3v) is 2.70. The van der Waals surface area contributed by atoms with Crippen molar-refractivity contribution in [3.8, 4) is 28.7 Å². The Morgan fingerprint density at radius 1 is 1.18 bits per heavy atom. The highest BCUT2D eigenvalue weighted by molar-refractivity contribution is 5.92. The Morgan fingerprint density at radius 2 is 2.06 bits per heavy atom. The van der Waals surface area contributed by atoms with Crippen molar-refractivity contribution >= 4 is 11.1 Å². The summed E-state index contributed by atoms with van der Waals surface area (Å²) in [6, 6.07) is 5.83. The van der Waals surface area contributed by atoms with Gasteiger partial charge in [-0.15, -0.1) is 0 Å². The summed E-state index contributed by atoms with van der Waals surface area (Å²) in [5, 5.41) is 9.52. The zero-order chi connectivity index (χ0) is 11.6. The predicted octanol–water partition coefficient (Wildman–Crippen LogP) is 2.10. The number of aromatic hydroxyl groups is 1. The van der Waals surface area contributed by atoms with Crippen molar-refractivity contribution in [1.82, 2.24) is 4.98 Å². The predicted molar refractivity (Wildman–Crippen MR) is 58.6 cm³/mol. The zero-order valence-corrected chi connectivity index (χ0v) is 8.43. The number of ether oxygens (including phenoxy) is 1. The van der Waals surface area contributed by atoms with Crippen LogP contribution in [-0.2, 0) is 0 Å². The van der Waals surface area contributed by atoms with E-state index in [4.69, 9.17) is 9.15 Å². The van der Waals surface area contributed by atoms with E-state index in [1.165, 1.54) is 18.2 Å². The van der Waals surface area contributed by atoms with Gasteiger partial charge in [0.05, 0.1) is 0 Å². The Bertz CT molecular complexity index is 806. The SMILES string of the molecule is O=c1ccc2nc3c4c(c(O)cc3oc-2c1)O4. The van der Waals surface area contributed by atoms with E-state index in [9.17, 15) is 9.90 Å². The summed E-state index contributed by atoms with van der Waals surface area (Å²) in [7, 11) is 0. The Hall–Kier alpha value is -2.56. The van der Waals surface area contributed by atoms with Gasteiger partial charge in [-0.1, -0.05) is 0 Å². The molecule has 0 saturated heterocycles. The third-order valence-electron chi connectivity index (χ3n) is 2.70. The second-order valence-electron chi connectivity index (χ2n) is 3.85. The number of rotatable bonds is 0. The molecular formula is C12H5NO4. The van der Waals surface area contributed by atoms with Gasteiger partial charge in [0.15, 0.2) is 28.0 Å². The van der Waals surface area contributed by atoms with Crippen LogP contribution in [0.25, 0.3) is 22.6 Å². The smallest absolute Gasteiger partial charge is 0.214 e. The van der Waals surface area contributed by atoms with Gasteiger partial charge >= 0.3 is 0 Å². The van der Waals surface area contributed by atoms with Crippen molar-refractivity contribution in [3.63, 3.8) is 0 Å². The van der Waals surface area contributed by atoms with E-state index >= 15 is 0 Å². The largest absolute Gasteiger partial charge is 0.504 e. The molecule has 17 heavy (non-hydrogen) atoms. The number of hydrogen-bond donors (Lipinski definition) is 1. The van der Waals surface area contributed by atoms with Crippen LogP contribution in [0, 0.1) is 0 Å². The summed E-state index contributed by atoms with van der Waals surface area (Å²) >= 11 is 0. The molecule has 0 fully saturated rings. The molecule has 1 N–H and O–H groups in total. The van der Waals surface area contributed by atoms with Crippen LogP contribution in [0.3, 0.4) is 0 Å². The minimum Gasteiger partial charge on any atom is -0.504 e. The van der Waals surface area contributed by atoms with Gasteiger partial charge in [-0.2, -0.15) is 0 Å². The molecule has 2 heterocycles. The molecule has 0 atom stereocenters. The zero-order valence-electron chi connectivity index (χ0n) is 8.43. The maximum Gasteiger partial charge on any atom is 0.214 e. The molecule has 5 heteroatoms. The molecule has 0 spiro atoms. The molecule has 1 aliphatic carbocycles. The first-order valence-corrected chi connectivity index (χ1v) is 5.01. The Balaban J connectivity index is 2.20. The highest BCUT2D eigenvalue weighted by atomic mass is 16.6. The van der Waals surface area contributed by atoms with Crippen LogP contribution < -0.4 is 10.2 Å². The molecule has 0 bridgehead atoms. The average Bonchev–Trinajstić information content (AvgIpc) is 3.07. The van der Waals surface area contributed by atoms with Crippen molar-refractivity contribution in [1.29, 1.82) is 0 Å². The highest BCUT2D eigenvalue weighted by Crippen LogP contribution is 2.56. The van der Waals surface area contributed by atoms with E-state index in [0.717, 1.165) is 0 Å². The number of benzene rings is 2. The van der Waals surface area contributed by atoms with E-state index in [-0.39, 0.29) is 11.2 Å². The van der Waals surface area contributed by atoms with Gasteiger partial charge in [0.25, 0.3) is 0 Å². The number of hydrogen-bond acceptors (Lipinski definition) is 5. The van der Waals surface area contributed by atoms with Crippen LogP contribution in [0.15, 0.2) is 33.5 Å². The number of phenols is 1. The molecule has 3 aliphatic rings. The molecule has 1 aromatic carbocycles. The third kappa shape index (κ3) is 1.08. The lowest BCUT2D eigenvalue weighted by atomic mass is 10.2. The fourth-order valence-electron chi connectivity index (χ4n) is 1.86. The first kappa shape index (κ1) is 8.58. The van der Waals surface area contributed by atoms with Gasteiger partial charge in [-0.25, -0.2) is 4.98 Å². The molecule has 1 aromatic rings. The number of fused-ring (bicyclic) bond motifs is 4. The summed E-state index contributed by atoms with van der Waals surface area (Å²) in [6.07, 6.45) is 0. The van der Waals surface area contributed by atoms with Crippen molar-refractivity contribution in [2.75, 3.05) is 0 Å². The van der Waals surface area contributed by atoms with Crippen molar-refractivity contribution < 1.29 is 14.3 Å². The normalized spacial score (nSPS) is 12.5. The minimum absolute atomic E-state index is 0.0238. The Kier molecular flexibility index (Phi) is 1.30. The van der Waals surface area contributed by atoms with E-state index in [0.29, 0.717) is 34.1 Å². The first-order chi connectivity index (χ1) is 8.22. The van der Waals surface area contributed by atoms with Gasteiger partial charge in [-0.3, -0.25) is 4.79 Å². The van der Waals surface area contributed by atoms with Gasteiger partial charge in [0, 0.05) is 12.1 Å². The fourth-order valence-corrected chi connectivity index (χ4v) is 1.86. The summed E-state index contributed by atoms with van der Waals surface area (Å²) in [6.45, 7) is 0. The molecule has 0 saturated carbocycles. The fraction of sp³-hybridized carbons (Fsp3) is 0. The standard InChI is InChI=1S/C12H5NO4/c14-5-1-2-6-8(3-5)16-9-4-7(15)11-12(17-11)10(9)13-6/h1-4,15H. The average molecular weight is 227 g/mol.